The van der Waals surface area contributed by atoms with E-state index >= 15 is 0 Å². The van der Waals surface area contributed by atoms with Crippen molar-refractivity contribution in [2.75, 3.05) is 19.0 Å². The minimum atomic E-state index is -0.575. The van der Waals surface area contributed by atoms with Crippen LogP contribution in [0.1, 0.15) is 19.4 Å². The Morgan fingerprint density at radius 1 is 1.45 bits per heavy atom. The van der Waals surface area contributed by atoms with E-state index in [0.29, 0.717) is 22.8 Å². The van der Waals surface area contributed by atoms with Gasteiger partial charge in [-0.15, -0.1) is 0 Å². The summed E-state index contributed by atoms with van der Waals surface area (Å²) >= 11 is 4.90. The standard InChI is InChI=1S/C14H20N2O3S/c1-9(8-18-3)19-10(2)14(17)16-12-6-4-5-11(7-12)13(15)20/h4-7,9-10H,8H2,1-3H3,(H2,15,20)(H,16,17). The van der Waals surface area contributed by atoms with E-state index in [1.54, 1.807) is 38.3 Å². The summed E-state index contributed by atoms with van der Waals surface area (Å²) in [7, 11) is 1.59. The molecule has 0 aliphatic carbocycles. The van der Waals surface area contributed by atoms with Crippen molar-refractivity contribution >= 4 is 28.8 Å². The van der Waals surface area contributed by atoms with Crippen LogP contribution in [0.15, 0.2) is 24.3 Å². The topological polar surface area (TPSA) is 73.6 Å². The lowest BCUT2D eigenvalue weighted by Gasteiger charge is -2.18. The molecule has 1 rings (SSSR count). The monoisotopic (exact) mass is 296 g/mol. The van der Waals surface area contributed by atoms with Crippen LogP contribution in [-0.4, -0.2) is 36.8 Å². The molecule has 1 aromatic carbocycles. The van der Waals surface area contributed by atoms with Crippen LogP contribution < -0.4 is 11.1 Å². The highest BCUT2D eigenvalue weighted by atomic mass is 32.1. The summed E-state index contributed by atoms with van der Waals surface area (Å²) in [5.74, 6) is -0.229. The highest BCUT2D eigenvalue weighted by molar-refractivity contribution is 7.80. The van der Waals surface area contributed by atoms with Crippen molar-refractivity contribution in [2.24, 2.45) is 5.73 Å². The van der Waals surface area contributed by atoms with Gasteiger partial charge in [-0.2, -0.15) is 0 Å². The minimum absolute atomic E-state index is 0.149. The maximum Gasteiger partial charge on any atom is 0.253 e. The Hall–Kier alpha value is -1.50. The van der Waals surface area contributed by atoms with Crippen LogP contribution in [0, 0.1) is 0 Å². The first-order valence-electron chi connectivity index (χ1n) is 6.29. The molecule has 0 aliphatic heterocycles. The average Bonchev–Trinajstić information content (AvgIpc) is 2.39. The Kier molecular flexibility index (Phi) is 6.57. The van der Waals surface area contributed by atoms with E-state index in [1.165, 1.54) is 0 Å². The van der Waals surface area contributed by atoms with E-state index < -0.39 is 6.10 Å². The zero-order valence-corrected chi connectivity index (χ0v) is 12.7. The smallest absolute Gasteiger partial charge is 0.253 e. The van der Waals surface area contributed by atoms with Gasteiger partial charge in [-0.05, 0) is 26.0 Å². The molecular formula is C14H20N2O3S. The van der Waals surface area contributed by atoms with Crippen molar-refractivity contribution in [3.8, 4) is 0 Å². The molecule has 6 heteroatoms. The second-order valence-corrected chi connectivity index (χ2v) is 4.92. The Morgan fingerprint density at radius 3 is 2.75 bits per heavy atom. The zero-order chi connectivity index (χ0) is 15.1. The molecule has 110 valence electrons. The van der Waals surface area contributed by atoms with Crippen LogP contribution in [-0.2, 0) is 14.3 Å². The number of anilines is 1. The summed E-state index contributed by atoms with van der Waals surface area (Å²) in [5.41, 5.74) is 6.89. The number of hydrogen-bond acceptors (Lipinski definition) is 4. The fourth-order valence-corrected chi connectivity index (χ4v) is 1.81. The molecule has 2 unspecified atom stereocenters. The Balaban J connectivity index is 2.61. The van der Waals surface area contributed by atoms with E-state index in [1.807, 2.05) is 6.92 Å². The minimum Gasteiger partial charge on any atom is -0.389 e. The SMILES string of the molecule is COCC(C)OC(C)C(=O)Nc1cccc(C(N)=S)c1. The van der Waals surface area contributed by atoms with E-state index in [-0.39, 0.29) is 12.0 Å². The zero-order valence-electron chi connectivity index (χ0n) is 11.9. The molecular weight excluding hydrogens is 276 g/mol. The van der Waals surface area contributed by atoms with Crippen LogP contribution in [0.4, 0.5) is 5.69 Å². The molecule has 2 atom stereocenters. The van der Waals surface area contributed by atoms with Crippen LogP contribution in [0.5, 0.6) is 0 Å². The van der Waals surface area contributed by atoms with Gasteiger partial charge < -0.3 is 20.5 Å². The summed E-state index contributed by atoms with van der Waals surface area (Å²) < 4.78 is 10.5. The lowest BCUT2D eigenvalue weighted by molar-refractivity contribution is -0.131. The number of nitrogens with two attached hydrogens (primary N) is 1. The van der Waals surface area contributed by atoms with Gasteiger partial charge in [0.25, 0.3) is 5.91 Å². The fourth-order valence-electron chi connectivity index (χ4n) is 1.68. The molecule has 1 amide bonds. The number of carbonyl (C=O) groups is 1. The number of benzene rings is 1. The van der Waals surface area contributed by atoms with Crippen molar-refractivity contribution in [3.63, 3.8) is 0 Å². The van der Waals surface area contributed by atoms with Crippen molar-refractivity contribution < 1.29 is 14.3 Å². The Labute approximate surface area is 124 Å². The summed E-state index contributed by atoms with van der Waals surface area (Å²) in [6.45, 7) is 3.98. The van der Waals surface area contributed by atoms with Gasteiger partial charge in [-0.3, -0.25) is 4.79 Å². The van der Waals surface area contributed by atoms with Gasteiger partial charge >= 0.3 is 0 Å². The van der Waals surface area contributed by atoms with Crippen molar-refractivity contribution in [1.29, 1.82) is 0 Å². The van der Waals surface area contributed by atoms with Crippen molar-refractivity contribution in [3.05, 3.63) is 29.8 Å². The van der Waals surface area contributed by atoms with E-state index in [9.17, 15) is 4.79 Å². The summed E-state index contributed by atoms with van der Waals surface area (Å²) in [4.78, 5) is 12.3. The highest BCUT2D eigenvalue weighted by Gasteiger charge is 2.16. The van der Waals surface area contributed by atoms with Gasteiger partial charge in [0.05, 0.1) is 12.7 Å². The molecule has 3 N–H and O–H groups in total. The molecule has 1 aromatic rings. The van der Waals surface area contributed by atoms with Gasteiger partial charge in [-0.25, -0.2) is 0 Å². The first-order chi connectivity index (χ1) is 9.43. The number of thiocarbonyl (C=S) groups is 1. The normalized spacial score (nSPS) is 13.6. The van der Waals surface area contributed by atoms with Gasteiger partial charge in [0.1, 0.15) is 11.1 Å². The van der Waals surface area contributed by atoms with Gasteiger partial charge in [0.15, 0.2) is 0 Å². The molecule has 0 aromatic heterocycles. The quantitative estimate of drug-likeness (QED) is 0.749. The maximum absolute atomic E-state index is 12.0. The van der Waals surface area contributed by atoms with E-state index in [2.05, 4.69) is 5.32 Å². The average molecular weight is 296 g/mol. The fraction of sp³-hybridized carbons (Fsp3) is 0.429. The largest absolute Gasteiger partial charge is 0.389 e. The summed E-state index contributed by atoms with van der Waals surface area (Å²) in [6, 6.07) is 7.07. The molecule has 0 saturated carbocycles. The maximum atomic E-state index is 12.0. The molecule has 20 heavy (non-hydrogen) atoms. The summed E-state index contributed by atoms with van der Waals surface area (Å²) in [5, 5.41) is 2.76. The number of ether oxygens (including phenoxy) is 2. The number of amides is 1. The van der Waals surface area contributed by atoms with Gasteiger partial charge in [-0.1, -0.05) is 24.4 Å². The highest BCUT2D eigenvalue weighted by Crippen LogP contribution is 2.12. The molecule has 0 fully saturated rings. The molecule has 0 saturated heterocycles. The molecule has 0 bridgehead atoms. The third-order valence-electron chi connectivity index (χ3n) is 2.62. The van der Waals surface area contributed by atoms with Crippen molar-refractivity contribution in [1.82, 2.24) is 0 Å². The second-order valence-electron chi connectivity index (χ2n) is 4.48. The van der Waals surface area contributed by atoms with Crippen LogP contribution in [0.25, 0.3) is 0 Å². The molecule has 0 heterocycles. The molecule has 0 radical (unpaired) electrons. The predicted molar refractivity (Wildman–Crippen MR) is 82.8 cm³/mol. The summed E-state index contributed by atoms with van der Waals surface area (Å²) in [6.07, 6.45) is -0.725. The molecule has 0 spiro atoms. The number of nitrogens with one attached hydrogen (secondary N) is 1. The number of rotatable bonds is 7. The number of hydrogen-bond donors (Lipinski definition) is 2. The third kappa shape index (κ3) is 5.24. The predicted octanol–water partition coefficient (Wildman–Crippen LogP) is 1.70. The number of methoxy groups -OCH3 is 1. The van der Waals surface area contributed by atoms with Gasteiger partial charge in [0.2, 0.25) is 0 Å². The van der Waals surface area contributed by atoms with Gasteiger partial charge in [0, 0.05) is 18.4 Å². The second kappa shape index (κ2) is 7.94. The lowest BCUT2D eigenvalue weighted by Crippen LogP contribution is -2.32. The Bertz CT molecular complexity index is 479. The van der Waals surface area contributed by atoms with Crippen LogP contribution >= 0.6 is 12.2 Å². The van der Waals surface area contributed by atoms with Crippen LogP contribution in [0.2, 0.25) is 0 Å². The van der Waals surface area contributed by atoms with Crippen molar-refractivity contribution in [2.45, 2.75) is 26.1 Å². The van der Waals surface area contributed by atoms with E-state index in [0.717, 1.165) is 0 Å². The first-order valence-corrected chi connectivity index (χ1v) is 6.70. The van der Waals surface area contributed by atoms with Crippen LogP contribution in [0.3, 0.4) is 0 Å². The van der Waals surface area contributed by atoms with E-state index in [4.69, 9.17) is 27.4 Å². The molecule has 5 nitrogen and oxygen atoms in total. The number of carbonyl (C=O) groups excluding carboxylic acids is 1. The third-order valence-corrected chi connectivity index (χ3v) is 2.86. The molecule has 0 aliphatic rings. The lowest BCUT2D eigenvalue weighted by atomic mass is 10.2. The first kappa shape index (κ1) is 16.6. The Morgan fingerprint density at radius 2 is 2.15 bits per heavy atom.